The van der Waals surface area contributed by atoms with E-state index < -0.39 is 18.3 Å². The van der Waals surface area contributed by atoms with Gasteiger partial charge in [-0.1, -0.05) is 0 Å². The highest BCUT2D eigenvalue weighted by Gasteiger charge is 2.38. The van der Waals surface area contributed by atoms with Crippen LogP contribution >= 0.6 is 0 Å². The summed E-state index contributed by atoms with van der Waals surface area (Å²) in [4.78, 5) is 0. The third-order valence-electron chi connectivity index (χ3n) is 2.59. The summed E-state index contributed by atoms with van der Waals surface area (Å²) in [5, 5.41) is 19.4. The Hall–Kier alpha value is -0.515. The highest BCUT2D eigenvalue weighted by atomic mass is 16.5. The third kappa shape index (κ3) is 4.68. The molecule has 0 saturated heterocycles. The normalized spacial score (nSPS) is 14.0. The zero-order valence-electron chi connectivity index (χ0n) is 10.4. The maximum absolute atomic E-state index is 9.80. The molecule has 0 aliphatic heterocycles. The predicted octanol–water partition coefficient (Wildman–Crippen LogP) is 1.12. The van der Waals surface area contributed by atoms with E-state index in [1.54, 1.807) is 34.6 Å². The molecule has 0 aromatic rings. The van der Waals surface area contributed by atoms with E-state index in [0.717, 1.165) is 0 Å². The average molecular weight is 216 g/mol. The minimum Gasteiger partial charge on any atom is -0.502 e. The Labute approximate surface area is 92.0 Å². The molecule has 0 atom stereocenters. The van der Waals surface area contributed by atoms with Crippen LogP contribution in [0.4, 0.5) is 0 Å². The summed E-state index contributed by atoms with van der Waals surface area (Å²) in [6.07, 6.45) is 0. The Bertz CT molecular complexity index is 230. The molecule has 88 valence electrons. The van der Waals surface area contributed by atoms with Crippen LogP contribution in [0.1, 0.15) is 34.6 Å². The molecule has 0 radical (unpaired) electrons. The van der Waals surface area contributed by atoms with Crippen LogP contribution in [0.25, 0.3) is 0 Å². The van der Waals surface area contributed by atoms with Crippen molar-refractivity contribution in [2.75, 3.05) is 7.11 Å². The molecule has 0 fully saturated rings. The fraction of sp³-hybridized carbons (Fsp3) is 0.800. The molecule has 0 unspecified atom stereocenters. The van der Waals surface area contributed by atoms with Gasteiger partial charge in [0, 0.05) is 0 Å². The van der Waals surface area contributed by atoms with Gasteiger partial charge in [-0.05, 0) is 40.6 Å². The number of aliphatic hydroxyl groups is 1. The summed E-state index contributed by atoms with van der Waals surface area (Å²) >= 11 is 0. The van der Waals surface area contributed by atoms with Crippen molar-refractivity contribution in [1.29, 1.82) is 0 Å². The first-order chi connectivity index (χ1) is 6.60. The summed E-state index contributed by atoms with van der Waals surface area (Å²) in [7, 11) is 0.422. The first-order valence-electron chi connectivity index (χ1n) is 4.91. The van der Waals surface area contributed by atoms with Crippen molar-refractivity contribution < 1.29 is 19.5 Å². The predicted molar refractivity (Wildman–Crippen MR) is 60.2 cm³/mol. The average Bonchev–Trinajstić information content (AvgIpc) is 2.00. The van der Waals surface area contributed by atoms with Gasteiger partial charge in [0.05, 0.1) is 24.1 Å². The third-order valence-corrected chi connectivity index (χ3v) is 2.59. The molecule has 0 rings (SSSR count). The van der Waals surface area contributed by atoms with Crippen molar-refractivity contribution in [1.82, 2.24) is 0 Å². The number of methoxy groups -OCH3 is 1. The monoisotopic (exact) mass is 216 g/mol. The first-order valence-corrected chi connectivity index (χ1v) is 4.91. The minimum atomic E-state index is -1.09. The van der Waals surface area contributed by atoms with Gasteiger partial charge < -0.3 is 19.5 Å². The van der Waals surface area contributed by atoms with Crippen LogP contribution in [-0.2, 0) is 9.39 Å². The maximum atomic E-state index is 9.80. The van der Waals surface area contributed by atoms with E-state index in [4.69, 9.17) is 9.39 Å². The quantitative estimate of drug-likeness (QED) is 0.534. The second-order valence-electron chi connectivity index (χ2n) is 4.56. The van der Waals surface area contributed by atoms with Gasteiger partial charge in [-0.2, -0.15) is 0 Å². The number of hydrogen-bond acceptors (Lipinski definition) is 4. The van der Waals surface area contributed by atoms with Gasteiger partial charge in [0.1, 0.15) is 0 Å². The fourth-order valence-electron chi connectivity index (χ4n) is 0.749. The van der Waals surface area contributed by atoms with Gasteiger partial charge in [-0.25, -0.2) is 0 Å². The van der Waals surface area contributed by atoms with Crippen LogP contribution in [-0.4, -0.2) is 35.6 Å². The summed E-state index contributed by atoms with van der Waals surface area (Å²) in [6.45, 7) is 8.40. The molecule has 0 aromatic heterocycles. The van der Waals surface area contributed by atoms with Crippen molar-refractivity contribution in [3.05, 3.63) is 11.7 Å². The van der Waals surface area contributed by atoms with Gasteiger partial charge in [-0.15, -0.1) is 0 Å². The summed E-state index contributed by atoms with van der Waals surface area (Å²) in [6, 6.07) is 0. The lowest BCUT2D eigenvalue weighted by Gasteiger charge is -2.38. The second-order valence-corrected chi connectivity index (χ2v) is 4.56. The lowest BCUT2D eigenvalue weighted by atomic mass is 9.83. The van der Waals surface area contributed by atoms with E-state index in [2.05, 4.69) is 0 Å². The molecule has 0 saturated carbocycles. The van der Waals surface area contributed by atoms with Gasteiger partial charge >= 0.3 is 7.12 Å². The van der Waals surface area contributed by atoms with Crippen LogP contribution in [0.5, 0.6) is 0 Å². The van der Waals surface area contributed by atoms with Crippen LogP contribution < -0.4 is 0 Å². The zero-order valence-corrected chi connectivity index (χ0v) is 10.4. The lowest BCUT2D eigenvalue weighted by Crippen LogP contribution is -2.50. The molecule has 0 aliphatic rings. The molecule has 0 spiro atoms. The van der Waals surface area contributed by atoms with E-state index >= 15 is 0 Å². The van der Waals surface area contributed by atoms with E-state index in [1.165, 1.54) is 13.1 Å². The summed E-state index contributed by atoms with van der Waals surface area (Å²) < 4.78 is 10.2. The van der Waals surface area contributed by atoms with E-state index in [1.807, 2.05) is 0 Å². The summed E-state index contributed by atoms with van der Waals surface area (Å²) in [5.41, 5.74) is -1.89. The molecule has 5 heteroatoms. The molecular formula is C10H21BO4. The Balaban J connectivity index is 4.48. The highest BCUT2D eigenvalue weighted by molar-refractivity contribution is 6.49. The largest absolute Gasteiger partial charge is 0.502 e. The maximum Gasteiger partial charge on any atom is 0.487 e. The molecule has 0 aromatic carbocycles. The molecule has 15 heavy (non-hydrogen) atoms. The Morgan fingerprint density at radius 3 is 2.07 bits per heavy atom. The Morgan fingerprint density at radius 2 is 1.73 bits per heavy atom. The van der Waals surface area contributed by atoms with Crippen molar-refractivity contribution in [2.24, 2.45) is 0 Å². The van der Waals surface area contributed by atoms with Gasteiger partial charge in [0.2, 0.25) is 0 Å². The molecule has 4 nitrogen and oxygen atoms in total. The topological polar surface area (TPSA) is 58.9 Å². The Kier molecular flexibility index (Phi) is 4.84. The van der Waals surface area contributed by atoms with Crippen LogP contribution in [0.15, 0.2) is 11.7 Å². The molecule has 0 heterocycles. The van der Waals surface area contributed by atoms with Gasteiger partial charge in [0.15, 0.2) is 0 Å². The highest BCUT2D eigenvalue weighted by Crippen LogP contribution is 2.25. The van der Waals surface area contributed by atoms with Crippen LogP contribution in [0.2, 0.25) is 0 Å². The van der Waals surface area contributed by atoms with Crippen molar-refractivity contribution in [2.45, 2.75) is 45.8 Å². The van der Waals surface area contributed by atoms with Crippen LogP contribution in [0, 0.1) is 0 Å². The smallest absolute Gasteiger partial charge is 0.487 e. The van der Waals surface area contributed by atoms with Gasteiger partial charge in [-0.3, -0.25) is 0 Å². The van der Waals surface area contributed by atoms with Crippen molar-refractivity contribution in [3.8, 4) is 0 Å². The molecule has 0 aliphatic carbocycles. The fourth-order valence-corrected chi connectivity index (χ4v) is 0.749. The number of ether oxygens (including phenoxy) is 1. The zero-order chi connectivity index (χ0) is 12.3. The number of hydrogen-bond donors (Lipinski definition) is 2. The Morgan fingerprint density at radius 1 is 1.27 bits per heavy atom. The molecule has 0 bridgehead atoms. The standard InChI is InChI=1S/C10H21BO4/c1-8(14-6)7-11(13)15-10(4,5)9(2,3)12/h7,12-13H,1-6H3/b8-7+. The first kappa shape index (κ1) is 14.5. The number of rotatable bonds is 5. The second kappa shape index (κ2) is 5.01. The van der Waals surface area contributed by atoms with Crippen molar-refractivity contribution in [3.63, 3.8) is 0 Å². The summed E-state index contributed by atoms with van der Waals surface area (Å²) in [5.74, 6) is 2.00. The van der Waals surface area contributed by atoms with E-state index in [0.29, 0.717) is 5.76 Å². The molecular weight excluding hydrogens is 195 g/mol. The molecule has 0 amide bonds. The number of allylic oxidation sites excluding steroid dienone is 1. The van der Waals surface area contributed by atoms with E-state index in [9.17, 15) is 10.1 Å². The SMILES string of the molecule is CO/C(C)=C/B(O)OC(C)(C)C(C)(C)O. The lowest BCUT2D eigenvalue weighted by molar-refractivity contribution is -0.0985. The van der Waals surface area contributed by atoms with Crippen LogP contribution in [0.3, 0.4) is 0 Å². The molecule has 2 N–H and O–H groups in total. The minimum absolute atomic E-state index is 0.564. The van der Waals surface area contributed by atoms with Gasteiger partial charge in [0.25, 0.3) is 0 Å². The van der Waals surface area contributed by atoms with Crippen molar-refractivity contribution >= 4 is 7.12 Å². The van der Waals surface area contributed by atoms with E-state index in [-0.39, 0.29) is 0 Å².